The van der Waals surface area contributed by atoms with E-state index in [1.165, 1.54) is 6.92 Å². The Kier molecular flexibility index (Phi) is 4.04. The van der Waals surface area contributed by atoms with Gasteiger partial charge in [-0.2, -0.15) is 0 Å². The third-order valence-electron chi connectivity index (χ3n) is 2.64. The van der Waals surface area contributed by atoms with Gasteiger partial charge in [0.1, 0.15) is 5.41 Å². The predicted octanol–water partition coefficient (Wildman–Crippen LogP) is 1.38. The van der Waals surface area contributed by atoms with Crippen LogP contribution in [0.2, 0.25) is 0 Å². The van der Waals surface area contributed by atoms with Crippen LogP contribution >= 0.6 is 0 Å². The molecule has 0 radical (unpaired) electrons. The number of rotatable bonds is 5. The van der Waals surface area contributed by atoms with Crippen molar-refractivity contribution in [3.8, 4) is 0 Å². The maximum absolute atomic E-state index is 11.3. The van der Waals surface area contributed by atoms with Crippen LogP contribution in [0.1, 0.15) is 19.4 Å². The van der Waals surface area contributed by atoms with E-state index in [1.807, 2.05) is 0 Å². The zero-order chi connectivity index (χ0) is 12.2. The minimum atomic E-state index is -1.45. The second-order valence-corrected chi connectivity index (χ2v) is 3.68. The van der Waals surface area contributed by atoms with Crippen LogP contribution in [-0.4, -0.2) is 29.1 Å². The highest BCUT2D eigenvalue weighted by molar-refractivity contribution is 5.81. The summed E-state index contributed by atoms with van der Waals surface area (Å²) in [5.74, 6) is -1.11. The molecule has 0 aliphatic heterocycles. The van der Waals surface area contributed by atoms with Gasteiger partial charge in [-0.05, 0) is 19.4 Å². The topological polar surface area (TPSA) is 66.8 Å². The summed E-state index contributed by atoms with van der Waals surface area (Å²) in [5.41, 5.74) is -0.930. The molecule has 1 aromatic carbocycles. The normalized spacial score (nSPS) is 16.4. The molecule has 2 N–H and O–H groups in total. The average Bonchev–Trinajstić information content (AvgIpc) is 2.29. The first-order chi connectivity index (χ1) is 7.53. The largest absolute Gasteiger partial charge is 0.480 e. The van der Waals surface area contributed by atoms with Gasteiger partial charge in [0.15, 0.2) is 6.29 Å². The van der Waals surface area contributed by atoms with Crippen molar-refractivity contribution in [1.82, 2.24) is 0 Å². The smallest absolute Gasteiger partial charge is 0.319 e. The summed E-state index contributed by atoms with van der Waals surface area (Å²) in [6.07, 6.45) is -1.36. The lowest BCUT2D eigenvalue weighted by molar-refractivity contribution is -0.174. The van der Waals surface area contributed by atoms with Crippen LogP contribution in [0.4, 0.5) is 0 Å². The Bertz CT molecular complexity index is 349. The zero-order valence-electron chi connectivity index (χ0n) is 9.38. The van der Waals surface area contributed by atoms with Crippen molar-refractivity contribution in [3.05, 3.63) is 35.9 Å². The molecule has 0 aliphatic rings. The third kappa shape index (κ3) is 2.23. The van der Waals surface area contributed by atoms with E-state index >= 15 is 0 Å². The van der Waals surface area contributed by atoms with Crippen molar-refractivity contribution in [2.45, 2.75) is 25.6 Å². The molecule has 0 fully saturated rings. The Labute approximate surface area is 94.5 Å². The van der Waals surface area contributed by atoms with Gasteiger partial charge >= 0.3 is 5.97 Å². The number of benzene rings is 1. The van der Waals surface area contributed by atoms with Crippen molar-refractivity contribution < 1.29 is 19.7 Å². The van der Waals surface area contributed by atoms with Crippen LogP contribution in [0.25, 0.3) is 0 Å². The summed E-state index contributed by atoms with van der Waals surface area (Å²) in [5, 5.41) is 19.0. The second-order valence-electron chi connectivity index (χ2n) is 3.68. The molecule has 0 heterocycles. The maximum atomic E-state index is 11.3. The summed E-state index contributed by atoms with van der Waals surface area (Å²) in [6, 6.07) is 8.58. The molecule has 0 bridgehead atoms. The molecule has 0 aliphatic carbocycles. The molecular weight excluding hydrogens is 208 g/mol. The molecule has 16 heavy (non-hydrogen) atoms. The van der Waals surface area contributed by atoms with E-state index in [1.54, 1.807) is 37.3 Å². The fraction of sp³-hybridized carbons (Fsp3) is 0.417. The van der Waals surface area contributed by atoms with E-state index in [0.717, 1.165) is 0 Å². The van der Waals surface area contributed by atoms with Gasteiger partial charge in [0.2, 0.25) is 0 Å². The quantitative estimate of drug-likeness (QED) is 0.741. The minimum absolute atomic E-state index is 0.261. The third-order valence-corrected chi connectivity index (χ3v) is 2.64. The highest BCUT2D eigenvalue weighted by atomic mass is 16.6. The fourth-order valence-corrected chi connectivity index (χ4v) is 1.48. The molecule has 1 aromatic rings. The number of carboxylic acid groups (broad SMARTS) is 1. The maximum Gasteiger partial charge on any atom is 0.319 e. The average molecular weight is 224 g/mol. The number of aliphatic hydroxyl groups is 1. The van der Waals surface area contributed by atoms with E-state index in [-0.39, 0.29) is 6.61 Å². The van der Waals surface area contributed by atoms with Crippen LogP contribution in [0, 0.1) is 0 Å². The molecule has 0 saturated carbocycles. The highest BCUT2D eigenvalue weighted by Gasteiger charge is 2.43. The molecular formula is C12H16O4. The van der Waals surface area contributed by atoms with Gasteiger partial charge in [0, 0.05) is 6.61 Å². The molecule has 0 saturated heterocycles. The van der Waals surface area contributed by atoms with Crippen LogP contribution in [0.3, 0.4) is 0 Å². The van der Waals surface area contributed by atoms with Gasteiger partial charge in [-0.3, -0.25) is 4.79 Å². The van der Waals surface area contributed by atoms with E-state index in [4.69, 9.17) is 4.74 Å². The molecule has 0 amide bonds. The Morgan fingerprint density at radius 3 is 2.44 bits per heavy atom. The van der Waals surface area contributed by atoms with Gasteiger partial charge in [0.05, 0.1) is 0 Å². The van der Waals surface area contributed by atoms with Crippen LogP contribution in [0.5, 0.6) is 0 Å². The fourth-order valence-electron chi connectivity index (χ4n) is 1.48. The number of carbonyl (C=O) groups is 1. The van der Waals surface area contributed by atoms with Crippen molar-refractivity contribution in [2.24, 2.45) is 0 Å². The van der Waals surface area contributed by atoms with E-state index in [2.05, 4.69) is 0 Å². The second kappa shape index (κ2) is 5.09. The van der Waals surface area contributed by atoms with Crippen molar-refractivity contribution in [1.29, 1.82) is 0 Å². The van der Waals surface area contributed by atoms with E-state index in [9.17, 15) is 15.0 Å². The SMILES string of the molecule is CCOC(O)C(C)(C(=O)O)c1ccccc1. The summed E-state index contributed by atoms with van der Waals surface area (Å²) in [7, 11) is 0. The van der Waals surface area contributed by atoms with Gasteiger partial charge in [-0.25, -0.2) is 0 Å². The lowest BCUT2D eigenvalue weighted by Gasteiger charge is -2.30. The minimum Gasteiger partial charge on any atom is -0.480 e. The van der Waals surface area contributed by atoms with E-state index in [0.29, 0.717) is 5.56 Å². The standard InChI is InChI=1S/C12H16O4/c1-3-16-11(15)12(2,10(13)14)9-7-5-4-6-8-9/h4-8,11,15H,3H2,1-2H3,(H,13,14). The first-order valence-electron chi connectivity index (χ1n) is 5.12. The number of aliphatic hydroxyl groups excluding tert-OH is 1. The summed E-state index contributed by atoms with van der Waals surface area (Å²) >= 11 is 0. The summed E-state index contributed by atoms with van der Waals surface area (Å²) in [6.45, 7) is 3.42. The monoisotopic (exact) mass is 224 g/mol. The number of aliphatic carboxylic acids is 1. The van der Waals surface area contributed by atoms with E-state index < -0.39 is 17.7 Å². The number of carboxylic acids is 1. The number of ether oxygens (including phenoxy) is 1. The molecule has 4 heteroatoms. The van der Waals surface area contributed by atoms with Gasteiger partial charge in [-0.1, -0.05) is 30.3 Å². The number of hydrogen-bond donors (Lipinski definition) is 2. The lowest BCUT2D eigenvalue weighted by atomic mass is 9.82. The molecule has 0 aromatic heterocycles. The first-order valence-corrected chi connectivity index (χ1v) is 5.12. The van der Waals surface area contributed by atoms with Crippen molar-refractivity contribution in [2.75, 3.05) is 6.61 Å². The molecule has 4 nitrogen and oxygen atoms in total. The highest BCUT2D eigenvalue weighted by Crippen LogP contribution is 2.28. The summed E-state index contributed by atoms with van der Waals surface area (Å²) in [4.78, 5) is 11.3. The molecule has 2 atom stereocenters. The predicted molar refractivity (Wildman–Crippen MR) is 59.1 cm³/mol. The van der Waals surface area contributed by atoms with Gasteiger partial charge in [-0.15, -0.1) is 0 Å². The Morgan fingerprint density at radius 1 is 1.44 bits per heavy atom. The lowest BCUT2D eigenvalue weighted by Crippen LogP contribution is -2.45. The van der Waals surface area contributed by atoms with Crippen LogP contribution in [0.15, 0.2) is 30.3 Å². The Morgan fingerprint density at radius 2 is 2.00 bits per heavy atom. The number of hydrogen-bond acceptors (Lipinski definition) is 3. The van der Waals surface area contributed by atoms with Crippen molar-refractivity contribution in [3.63, 3.8) is 0 Å². The van der Waals surface area contributed by atoms with Crippen LogP contribution < -0.4 is 0 Å². The molecule has 0 spiro atoms. The molecule has 1 rings (SSSR count). The summed E-state index contributed by atoms with van der Waals surface area (Å²) < 4.78 is 5.00. The zero-order valence-corrected chi connectivity index (χ0v) is 9.38. The molecule has 88 valence electrons. The Hall–Kier alpha value is -1.39. The first kappa shape index (κ1) is 12.7. The Balaban J connectivity index is 3.12. The van der Waals surface area contributed by atoms with Gasteiger partial charge in [0.25, 0.3) is 0 Å². The molecule has 2 unspecified atom stereocenters. The van der Waals surface area contributed by atoms with Crippen LogP contribution in [-0.2, 0) is 14.9 Å². The van der Waals surface area contributed by atoms with Gasteiger partial charge < -0.3 is 14.9 Å². The van der Waals surface area contributed by atoms with Crippen molar-refractivity contribution >= 4 is 5.97 Å².